The zero-order valence-electron chi connectivity index (χ0n) is 15.6. The van der Waals surface area contributed by atoms with Crippen LogP contribution in [0, 0.1) is 0 Å². The molecule has 0 fully saturated rings. The molecule has 144 valence electrons. The number of ether oxygens (including phenoxy) is 1. The lowest BCUT2D eigenvalue weighted by Gasteiger charge is -2.14. The fraction of sp³-hybridized carbons (Fsp3) is 0.0435. The highest BCUT2D eigenvalue weighted by molar-refractivity contribution is 7.80. The number of hydrogen-bond donors (Lipinski definition) is 3. The number of rotatable bonds is 3. The van der Waals surface area contributed by atoms with E-state index in [0.717, 1.165) is 27.2 Å². The molecule has 29 heavy (non-hydrogen) atoms. The van der Waals surface area contributed by atoms with Crippen LogP contribution < -0.4 is 15.4 Å². The number of amides is 1. The van der Waals surface area contributed by atoms with Crippen LogP contribution >= 0.6 is 12.2 Å². The van der Waals surface area contributed by atoms with Crippen molar-refractivity contribution in [1.29, 1.82) is 0 Å². The lowest BCUT2D eigenvalue weighted by molar-refractivity contribution is 0.0975. The Morgan fingerprint density at radius 3 is 2.41 bits per heavy atom. The van der Waals surface area contributed by atoms with Crippen molar-refractivity contribution < 1.29 is 14.6 Å². The van der Waals surface area contributed by atoms with E-state index in [0.29, 0.717) is 11.3 Å². The lowest BCUT2D eigenvalue weighted by atomic mass is 10.1. The molecule has 5 nitrogen and oxygen atoms in total. The standard InChI is InChI=1S/C23H18N2O3S/c1-28-21-13-15-6-3-2-5-14(15)12-19(21)22(27)25-23(29)24-20-8-4-7-16-11-17(26)9-10-18(16)20/h2-13,26H,1H3,(H2,24,25,27,29). The third-order valence-electron chi connectivity index (χ3n) is 4.65. The number of phenols is 1. The molecule has 3 N–H and O–H groups in total. The van der Waals surface area contributed by atoms with Gasteiger partial charge in [0.1, 0.15) is 11.5 Å². The maximum Gasteiger partial charge on any atom is 0.261 e. The van der Waals surface area contributed by atoms with Gasteiger partial charge >= 0.3 is 0 Å². The quantitative estimate of drug-likeness (QED) is 0.428. The minimum Gasteiger partial charge on any atom is -0.508 e. The first-order chi connectivity index (χ1) is 14.0. The van der Waals surface area contributed by atoms with Gasteiger partial charge in [0.05, 0.1) is 12.7 Å². The van der Waals surface area contributed by atoms with Gasteiger partial charge in [-0.3, -0.25) is 10.1 Å². The number of aromatic hydroxyl groups is 1. The predicted molar refractivity (Wildman–Crippen MR) is 120 cm³/mol. The number of anilines is 1. The van der Waals surface area contributed by atoms with Crippen molar-refractivity contribution in [2.24, 2.45) is 0 Å². The smallest absolute Gasteiger partial charge is 0.261 e. The van der Waals surface area contributed by atoms with Gasteiger partial charge in [-0.1, -0.05) is 36.4 Å². The molecule has 0 atom stereocenters. The van der Waals surface area contributed by atoms with E-state index in [2.05, 4.69) is 10.6 Å². The zero-order chi connectivity index (χ0) is 20.4. The minimum atomic E-state index is -0.358. The molecule has 4 aromatic carbocycles. The van der Waals surface area contributed by atoms with Crippen LogP contribution in [-0.4, -0.2) is 23.2 Å². The van der Waals surface area contributed by atoms with Crippen LogP contribution in [0.25, 0.3) is 21.5 Å². The van der Waals surface area contributed by atoms with E-state index in [1.165, 1.54) is 7.11 Å². The van der Waals surface area contributed by atoms with Crippen molar-refractivity contribution in [2.75, 3.05) is 12.4 Å². The third-order valence-corrected chi connectivity index (χ3v) is 4.86. The molecule has 0 aromatic heterocycles. The summed E-state index contributed by atoms with van der Waals surface area (Å²) in [5, 5.41) is 19.3. The minimum absolute atomic E-state index is 0.172. The van der Waals surface area contributed by atoms with Crippen molar-refractivity contribution in [3.05, 3.63) is 78.4 Å². The Balaban J connectivity index is 1.58. The van der Waals surface area contributed by atoms with Crippen molar-refractivity contribution in [3.8, 4) is 11.5 Å². The fourth-order valence-corrected chi connectivity index (χ4v) is 3.47. The molecule has 0 bridgehead atoms. The monoisotopic (exact) mass is 402 g/mol. The van der Waals surface area contributed by atoms with Gasteiger partial charge < -0.3 is 15.2 Å². The number of carbonyl (C=O) groups excluding carboxylic acids is 1. The van der Waals surface area contributed by atoms with E-state index >= 15 is 0 Å². The Kier molecular flexibility index (Phi) is 5.01. The summed E-state index contributed by atoms with van der Waals surface area (Å²) in [7, 11) is 1.53. The first kappa shape index (κ1) is 18.7. The Hall–Kier alpha value is -3.64. The van der Waals surface area contributed by atoms with E-state index in [1.54, 1.807) is 24.3 Å². The molecule has 1 amide bonds. The van der Waals surface area contributed by atoms with Gasteiger partial charge in [0.25, 0.3) is 5.91 Å². The molecule has 0 unspecified atom stereocenters. The second kappa shape index (κ2) is 7.77. The Morgan fingerprint density at radius 2 is 1.66 bits per heavy atom. The number of hydrogen-bond acceptors (Lipinski definition) is 4. The fourth-order valence-electron chi connectivity index (χ4n) is 3.27. The second-order valence-electron chi connectivity index (χ2n) is 6.52. The van der Waals surface area contributed by atoms with Gasteiger partial charge in [-0.2, -0.15) is 0 Å². The maximum absolute atomic E-state index is 12.8. The molecule has 0 spiro atoms. The normalized spacial score (nSPS) is 10.7. The van der Waals surface area contributed by atoms with Gasteiger partial charge in [0.15, 0.2) is 5.11 Å². The average molecular weight is 402 g/mol. The van der Waals surface area contributed by atoms with Gasteiger partial charge in [-0.15, -0.1) is 0 Å². The SMILES string of the molecule is COc1cc2ccccc2cc1C(=O)NC(=S)Nc1cccc2cc(O)ccc12. The average Bonchev–Trinajstić information content (AvgIpc) is 2.72. The van der Waals surface area contributed by atoms with Crippen LogP contribution in [0.1, 0.15) is 10.4 Å². The molecule has 0 heterocycles. The molecular weight excluding hydrogens is 384 g/mol. The van der Waals surface area contributed by atoms with Crippen molar-refractivity contribution >= 4 is 50.5 Å². The first-order valence-electron chi connectivity index (χ1n) is 8.96. The van der Waals surface area contributed by atoms with Crippen LogP contribution in [0.5, 0.6) is 11.5 Å². The number of carbonyl (C=O) groups is 1. The summed E-state index contributed by atoms with van der Waals surface area (Å²) in [6.45, 7) is 0. The van der Waals surface area contributed by atoms with Crippen LogP contribution in [0.4, 0.5) is 5.69 Å². The third kappa shape index (κ3) is 3.83. The summed E-state index contributed by atoms with van der Waals surface area (Å²) in [5.41, 5.74) is 1.14. The van der Waals surface area contributed by atoms with Gasteiger partial charge in [0, 0.05) is 11.1 Å². The number of methoxy groups -OCH3 is 1. The van der Waals surface area contributed by atoms with E-state index in [-0.39, 0.29) is 16.8 Å². The van der Waals surface area contributed by atoms with E-state index in [9.17, 15) is 9.90 Å². The number of thiocarbonyl (C=S) groups is 1. The highest BCUT2D eigenvalue weighted by atomic mass is 32.1. The Morgan fingerprint density at radius 1 is 0.931 bits per heavy atom. The Labute approximate surface area is 172 Å². The summed E-state index contributed by atoms with van der Waals surface area (Å²) < 4.78 is 5.40. The molecule has 0 saturated carbocycles. The molecule has 4 rings (SSSR count). The van der Waals surface area contributed by atoms with Crippen molar-refractivity contribution in [1.82, 2.24) is 5.32 Å². The second-order valence-corrected chi connectivity index (χ2v) is 6.93. The summed E-state index contributed by atoms with van der Waals surface area (Å²) >= 11 is 5.34. The van der Waals surface area contributed by atoms with E-state index < -0.39 is 0 Å². The van der Waals surface area contributed by atoms with Crippen LogP contribution in [0.3, 0.4) is 0 Å². The molecule has 0 saturated heterocycles. The summed E-state index contributed by atoms with van der Waals surface area (Å²) in [4.78, 5) is 12.8. The molecule has 0 aliphatic rings. The lowest BCUT2D eigenvalue weighted by Crippen LogP contribution is -2.34. The summed E-state index contributed by atoms with van der Waals surface area (Å²) in [6.07, 6.45) is 0. The van der Waals surface area contributed by atoms with Gasteiger partial charge in [-0.25, -0.2) is 0 Å². The highest BCUT2D eigenvalue weighted by Crippen LogP contribution is 2.27. The van der Waals surface area contributed by atoms with Crippen molar-refractivity contribution in [2.45, 2.75) is 0 Å². The summed E-state index contributed by atoms with van der Waals surface area (Å²) in [5.74, 6) is 0.307. The highest BCUT2D eigenvalue weighted by Gasteiger charge is 2.15. The number of fused-ring (bicyclic) bond motifs is 2. The maximum atomic E-state index is 12.8. The number of benzene rings is 4. The largest absolute Gasteiger partial charge is 0.508 e. The molecule has 0 aliphatic heterocycles. The van der Waals surface area contributed by atoms with E-state index in [1.807, 2.05) is 48.5 Å². The van der Waals surface area contributed by atoms with Crippen molar-refractivity contribution in [3.63, 3.8) is 0 Å². The van der Waals surface area contributed by atoms with Gasteiger partial charge in [0.2, 0.25) is 0 Å². The summed E-state index contributed by atoms with van der Waals surface area (Å²) in [6, 6.07) is 22.0. The molecule has 4 aromatic rings. The van der Waals surface area contributed by atoms with Crippen LogP contribution in [0.15, 0.2) is 72.8 Å². The number of phenolic OH excluding ortho intramolecular Hbond substituents is 1. The topological polar surface area (TPSA) is 70.6 Å². The van der Waals surface area contributed by atoms with Crippen LogP contribution in [0.2, 0.25) is 0 Å². The van der Waals surface area contributed by atoms with Gasteiger partial charge in [-0.05, 0) is 64.8 Å². The molecule has 6 heteroatoms. The predicted octanol–water partition coefficient (Wildman–Crippen LogP) is 4.83. The first-order valence-corrected chi connectivity index (χ1v) is 9.37. The van der Waals surface area contributed by atoms with Crippen LogP contribution in [-0.2, 0) is 0 Å². The molecular formula is C23H18N2O3S. The number of nitrogens with one attached hydrogen (secondary N) is 2. The molecule has 0 aliphatic carbocycles. The Bertz CT molecular complexity index is 1250. The zero-order valence-corrected chi connectivity index (χ0v) is 16.4. The van der Waals surface area contributed by atoms with E-state index in [4.69, 9.17) is 17.0 Å². The molecule has 0 radical (unpaired) electrons.